The van der Waals surface area contributed by atoms with Gasteiger partial charge >= 0.3 is 0 Å². The third-order valence-electron chi connectivity index (χ3n) is 7.08. The minimum atomic E-state index is -0.526. The van der Waals surface area contributed by atoms with Gasteiger partial charge in [-0.15, -0.1) is 0 Å². The third kappa shape index (κ3) is 3.65. The fourth-order valence-corrected chi connectivity index (χ4v) is 6.44. The summed E-state index contributed by atoms with van der Waals surface area (Å²) < 4.78 is 5.17. The number of nitrogens with zero attached hydrogens (tertiary/aromatic N) is 1. The fraction of sp³-hybridized carbons (Fsp3) is 0.727. The Kier molecular flexibility index (Phi) is 4.81. The molecule has 27 heavy (non-hydrogen) atoms. The number of nitrogens with one attached hydrogen (secondary N) is 1. The lowest BCUT2D eigenvalue weighted by Gasteiger charge is -2.57. The van der Waals surface area contributed by atoms with Crippen molar-refractivity contribution in [2.45, 2.75) is 58.4 Å². The highest BCUT2D eigenvalue weighted by Gasteiger charge is 2.51. The molecule has 1 unspecified atom stereocenters. The Morgan fingerprint density at radius 2 is 1.78 bits per heavy atom. The van der Waals surface area contributed by atoms with Crippen molar-refractivity contribution in [3.63, 3.8) is 0 Å². The van der Waals surface area contributed by atoms with Crippen LogP contribution in [0.3, 0.4) is 0 Å². The van der Waals surface area contributed by atoms with Crippen LogP contribution in [0.25, 0.3) is 0 Å². The van der Waals surface area contributed by atoms with E-state index >= 15 is 0 Å². The molecular formula is C22H32N2O3. The molecular weight excluding hydrogens is 340 g/mol. The Balaban J connectivity index is 1.43. The summed E-state index contributed by atoms with van der Waals surface area (Å²) in [4.78, 5) is 27.5. The first-order valence-electron chi connectivity index (χ1n) is 10.4. The second kappa shape index (κ2) is 6.99. The van der Waals surface area contributed by atoms with Crippen LogP contribution in [0.4, 0.5) is 0 Å². The summed E-state index contributed by atoms with van der Waals surface area (Å²) in [7, 11) is 1.91. The van der Waals surface area contributed by atoms with Gasteiger partial charge in [0, 0.05) is 13.6 Å². The predicted molar refractivity (Wildman–Crippen MR) is 103 cm³/mol. The lowest BCUT2D eigenvalue weighted by molar-refractivity contribution is -0.138. The Morgan fingerprint density at radius 1 is 1.19 bits per heavy atom. The van der Waals surface area contributed by atoms with E-state index in [0.29, 0.717) is 5.41 Å². The SMILES string of the molecule is CC(C)C(NC(=O)c1ccco1)C(=O)N(C)CC12CC3CC(CC(C3)C1)C2. The van der Waals surface area contributed by atoms with E-state index in [9.17, 15) is 9.59 Å². The van der Waals surface area contributed by atoms with Crippen LogP contribution < -0.4 is 5.32 Å². The van der Waals surface area contributed by atoms with Gasteiger partial charge in [-0.25, -0.2) is 0 Å². The quantitative estimate of drug-likeness (QED) is 0.828. The average molecular weight is 373 g/mol. The van der Waals surface area contributed by atoms with Gasteiger partial charge in [-0.2, -0.15) is 0 Å². The fourth-order valence-electron chi connectivity index (χ4n) is 6.44. The van der Waals surface area contributed by atoms with Gasteiger partial charge in [0.25, 0.3) is 5.91 Å². The van der Waals surface area contributed by atoms with Gasteiger partial charge in [0.15, 0.2) is 5.76 Å². The molecule has 1 heterocycles. The highest BCUT2D eigenvalue weighted by molar-refractivity contribution is 5.95. The van der Waals surface area contributed by atoms with E-state index in [4.69, 9.17) is 4.42 Å². The number of rotatable bonds is 6. The molecule has 0 aliphatic heterocycles. The van der Waals surface area contributed by atoms with E-state index in [1.165, 1.54) is 44.8 Å². The molecule has 0 aromatic carbocycles. The number of carbonyl (C=O) groups excluding carboxylic acids is 2. The second-order valence-corrected chi connectivity index (χ2v) is 9.78. The molecule has 5 rings (SSSR count). The van der Waals surface area contributed by atoms with E-state index in [2.05, 4.69) is 5.32 Å². The standard InChI is InChI=1S/C22H32N2O3/c1-14(2)19(23-20(25)18-5-4-6-27-18)21(26)24(3)13-22-10-15-7-16(11-22)9-17(8-15)12-22/h4-6,14-17,19H,7-13H2,1-3H3,(H,23,25). The molecule has 1 N–H and O–H groups in total. The maximum atomic E-state index is 13.2. The summed E-state index contributed by atoms with van der Waals surface area (Å²) in [5, 5.41) is 2.88. The molecule has 0 spiro atoms. The minimum absolute atomic E-state index is 0.0145. The van der Waals surface area contributed by atoms with Gasteiger partial charge in [0.05, 0.1) is 6.26 Å². The topological polar surface area (TPSA) is 62.6 Å². The van der Waals surface area contributed by atoms with Crippen molar-refractivity contribution in [1.82, 2.24) is 10.2 Å². The average Bonchev–Trinajstić information content (AvgIpc) is 3.11. The maximum Gasteiger partial charge on any atom is 0.287 e. The van der Waals surface area contributed by atoms with E-state index in [-0.39, 0.29) is 23.5 Å². The van der Waals surface area contributed by atoms with Crippen molar-refractivity contribution in [3.8, 4) is 0 Å². The van der Waals surface area contributed by atoms with Crippen molar-refractivity contribution >= 4 is 11.8 Å². The number of furan rings is 1. The lowest BCUT2D eigenvalue weighted by atomic mass is 9.49. The first-order valence-corrected chi connectivity index (χ1v) is 10.4. The normalized spacial score (nSPS) is 32.5. The Bertz CT molecular complexity index is 659. The van der Waals surface area contributed by atoms with Crippen LogP contribution in [0.15, 0.2) is 22.8 Å². The summed E-state index contributed by atoms with van der Waals surface area (Å²) in [5.74, 6) is 2.58. The third-order valence-corrected chi connectivity index (χ3v) is 7.08. The monoisotopic (exact) mass is 372 g/mol. The van der Waals surface area contributed by atoms with Crippen molar-refractivity contribution in [1.29, 1.82) is 0 Å². The van der Waals surface area contributed by atoms with Gasteiger partial charge in [-0.05, 0) is 79.7 Å². The van der Waals surface area contributed by atoms with Crippen LogP contribution in [0.1, 0.15) is 62.9 Å². The summed E-state index contributed by atoms with van der Waals surface area (Å²) in [5.41, 5.74) is 0.311. The molecule has 4 aliphatic carbocycles. The molecule has 4 fully saturated rings. The zero-order chi connectivity index (χ0) is 19.2. The number of amides is 2. The zero-order valence-corrected chi connectivity index (χ0v) is 16.7. The Morgan fingerprint density at radius 3 is 2.26 bits per heavy atom. The molecule has 4 aliphatic rings. The summed E-state index contributed by atoms with van der Waals surface area (Å²) in [6, 6.07) is 2.78. The van der Waals surface area contributed by atoms with Gasteiger partial charge < -0.3 is 14.6 Å². The van der Waals surface area contributed by atoms with Crippen molar-refractivity contribution in [3.05, 3.63) is 24.2 Å². The van der Waals surface area contributed by atoms with Crippen molar-refractivity contribution in [2.24, 2.45) is 29.1 Å². The Hall–Kier alpha value is -1.78. The number of carbonyl (C=O) groups is 2. The van der Waals surface area contributed by atoms with Gasteiger partial charge in [0.2, 0.25) is 5.91 Å². The van der Waals surface area contributed by atoms with Gasteiger partial charge in [-0.3, -0.25) is 9.59 Å². The zero-order valence-electron chi connectivity index (χ0n) is 16.7. The minimum Gasteiger partial charge on any atom is -0.459 e. The molecule has 4 bridgehead atoms. The lowest BCUT2D eigenvalue weighted by Crippen LogP contribution is -2.55. The largest absolute Gasteiger partial charge is 0.459 e. The van der Waals surface area contributed by atoms with Gasteiger partial charge in [0.1, 0.15) is 6.04 Å². The predicted octanol–water partition coefficient (Wildman–Crippen LogP) is 3.71. The highest BCUT2D eigenvalue weighted by Crippen LogP contribution is 2.60. The summed E-state index contributed by atoms with van der Waals surface area (Å²) in [6.07, 6.45) is 9.53. The molecule has 148 valence electrons. The number of hydrogen-bond donors (Lipinski definition) is 1. The van der Waals surface area contributed by atoms with E-state index in [0.717, 1.165) is 24.3 Å². The van der Waals surface area contributed by atoms with Crippen LogP contribution in [-0.4, -0.2) is 36.3 Å². The van der Waals surface area contributed by atoms with Crippen molar-refractivity contribution < 1.29 is 14.0 Å². The second-order valence-electron chi connectivity index (χ2n) is 9.78. The molecule has 1 atom stereocenters. The maximum absolute atomic E-state index is 13.2. The van der Waals surface area contributed by atoms with Crippen LogP contribution in [-0.2, 0) is 4.79 Å². The molecule has 1 aromatic rings. The first kappa shape index (κ1) is 18.6. The molecule has 2 amide bonds. The molecule has 4 saturated carbocycles. The Labute approximate surface area is 161 Å². The van der Waals surface area contributed by atoms with Crippen LogP contribution >= 0.6 is 0 Å². The number of likely N-dealkylation sites (N-methyl/N-ethyl adjacent to an activating group) is 1. The summed E-state index contributed by atoms with van der Waals surface area (Å²) in [6.45, 7) is 4.78. The van der Waals surface area contributed by atoms with E-state index < -0.39 is 6.04 Å². The van der Waals surface area contributed by atoms with Gasteiger partial charge in [-0.1, -0.05) is 13.8 Å². The molecule has 0 radical (unpaired) electrons. The highest BCUT2D eigenvalue weighted by atomic mass is 16.3. The van der Waals surface area contributed by atoms with Crippen LogP contribution in [0, 0.1) is 29.1 Å². The van der Waals surface area contributed by atoms with Crippen LogP contribution in [0.5, 0.6) is 0 Å². The molecule has 1 aromatic heterocycles. The van der Waals surface area contributed by atoms with E-state index in [1.54, 1.807) is 12.1 Å². The molecule has 5 heteroatoms. The summed E-state index contributed by atoms with van der Waals surface area (Å²) >= 11 is 0. The van der Waals surface area contributed by atoms with Crippen LogP contribution in [0.2, 0.25) is 0 Å². The smallest absolute Gasteiger partial charge is 0.287 e. The molecule has 0 saturated heterocycles. The molecule has 5 nitrogen and oxygen atoms in total. The number of hydrogen-bond acceptors (Lipinski definition) is 3. The first-order chi connectivity index (χ1) is 12.8. The van der Waals surface area contributed by atoms with Crippen molar-refractivity contribution in [2.75, 3.05) is 13.6 Å². The van der Waals surface area contributed by atoms with E-state index in [1.807, 2.05) is 25.8 Å².